The van der Waals surface area contributed by atoms with Crippen molar-refractivity contribution in [3.63, 3.8) is 0 Å². The summed E-state index contributed by atoms with van der Waals surface area (Å²) >= 11 is 0. The molecular weight excluding hydrogens is 338 g/mol. The molecule has 132 valence electrons. The van der Waals surface area contributed by atoms with Crippen molar-refractivity contribution < 1.29 is 0 Å². The summed E-state index contributed by atoms with van der Waals surface area (Å²) in [6.45, 7) is 18.3. The van der Waals surface area contributed by atoms with Crippen LogP contribution in [0.3, 0.4) is 0 Å². The van der Waals surface area contributed by atoms with Crippen LogP contribution >= 0.6 is 15.7 Å². The van der Waals surface area contributed by atoms with E-state index in [9.17, 15) is 0 Å². The van der Waals surface area contributed by atoms with Gasteiger partial charge in [0.1, 0.15) is 0 Å². The minimum atomic E-state index is -0.199. The van der Waals surface area contributed by atoms with Crippen LogP contribution in [0.5, 0.6) is 0 Å². The van der Waals surface area contributed by atoms with Gasteiger partial charge in [-0.05, 0) is 60.1 Å². The topological polar surface area (TPSA) is 0 Å². The highest BCUT2D eigenvalue weighted by Crippen LogP contribution is 2.68. The van der Waals surface area contributed by atoms with E-state index < -0.39 is 0 Å². The van der Waals surface area contributed by atoms with Gasteiger partial charge >= 0.3 is 0 Å². The van der Waals surface area contributed by atoms with Gasteiger partial charge in [-0.1, -0.05) is 63.1 Å². The summed E-state index contributed by atoms with van der Waals surface area (Å²) < 4.78 is 0. The molecule has 0 unspecified atom stereocenters. The Morgan fingerprint density at radius 1 is 0.760 bits per heavy atom. The van der Waals surface area contributed by atoms with E-state index in [-0.39, 0.29) is 7.53 Å². The number of hydrogen-bond acceptors (Lipinski definition) is 0. The zero-order chi connectivity index (χ0) is 18.5. The number of rotatable bonds is 3. The summed E-state index contributed by atoms with van der Waals surface area (Å²) in [4.78, 5) is 0. The first-order valence-electron chi connectivity index (χ1n) is 9.12. The SMILES string of the molecule is Cc1cc(C)c(-c2p[c-](-c3c(C)cc(C)cc3C)p2C(C)C)c(C)c1. The molecule has 0 radical (unpaired) electrons. The van der Waals surface area contributed by atoms with Gasteiger partial charge in [0.2, 0.25) is 0 Å². The van der Waals surface area contributed by atoms with Crippen molar-refractivity contribution in [2.75, 3.05) is 0 Å². The molecular formula is C23H29P2-. The maximum Gasteiger partial charge on any atom is -0.0195 e. The zero-order valence-electron chi connectivity index (χ0n) is 16.8. The molecule has 3 rings (SSSR count). The number of aryl methyl sites for hydroxylation is 6. The van der Waals surface area contributed by atoms with Crippen LogP contribution in [0.25, 0.3) is 21.2 Å². The Bertz CT molecular complexity index is 819. The highest BCUT2D eigenvalue weighted by atomic mass is 31.1. The third-order valence-electron chi connectivity index (χ3n) is 4.99. The molecule has 2 heteroatoms. The molecule has 25 heavy (non-hydrogen) atoms. The number of benzene rings is 2. The Morgan fingerprint density at radius 2 is 1.20 bits per heavy atom. The van der Waals surface area contributed by atoms with Gasteiger partial charge in [-0.2, -0.15) is 7.53 Å². The molecule has 0 fully saturated rings. The Morgan fingerprint density at radius 3 is 1.64 bits per heavy atom. The van der Waals surface area contributed by atoms with Gasteiger partial charge in [-0.3, -0.25) is 0 Å². The van der Waals surface area contributed by atoms with Crippen molar-refractivity contribution >= 4 is 15.7 Å². The lowest BCUT2D eigenvalue weighted by atomic mass is 10.0. The molecule has 0 aliphatic heterocycles. The van der Waals surface area contributed by atoms with E-state index in [1.165, 1.54) is 41.6 Å². The summed E-state index contributed by atoms with van der Waals surface area (Å²) in [5.74, 6) is 0. The van der Waals surface area contributed by atoms with E-state index in [0.29, 0.717) is 5.66 Å². The Balaban J connectivity index is 2.21. The van der Waals surface area contributed by atoms with Crippen LogP contribution in [0.1, 0.15) is 52.9 Å². The first-order valence-corrected chi connectivity index (χ1v) is 11.4. The summed E-state index contributed by atoms with van der Waals surface area (Å²) in [5, 5.41) is 3.38. The molecule has 1 aromatic heterocycles. The van der Waals surface area contributed by atoms with Crippen LogP contribution in [0, 0.1) is 41.5 Å². The van der Waals surface area contributed by atoms with E-state index in [1.807, 2.05) is 0 Å². The van der Waals surface area contributed by atoms with Crippen molar-refractivity contribution in [2.24, 2.45) is 0 Å². The maximum absolute atomic E-state index is 2.40. The second kappa shape index (κ2) is 6.83. The van der Waals surface area contributed by atoms with Crippen LogP contribution in [0.4, 0.5) is 0 Å². The Labute approximate surface area is 155 Å². The molecule has 2 aromatic carbocycles. The van der Waals surface area contributed by atoms with Gasteiger partial charge in [0, 0.05) is 0 Å². The molecule has 1 heterocycles. The fourth-order valence-electron chi connectivity index (χ4n) is 4.17. The van der Waals surface area contributed by atoms with Crippen LogP contribution < -0.4 is 0 Å². The molecule has 0 N–H and O–H groups in total. The highest BCUT2D eigenvalue weighted by Gasteiger charge is 2.19. The lowest BCUT2D eigenvalue weighted by Gasteiger charge is -2.33. The average molecular weight is 367 g/mol. The molecule has 0 atom stereocenters. The molecule has 0 aliphatic rings. The van der Waals surface area contributed by atoms with E-state index in [2.05, 4.69) is 79.7 Å². The lowest BCUT2D eigenvalue weighted by molar-refractivity contribution is 1.03. The van der Waals surface area contributed by atoms with Gasteiger partial charge < -0.3 is 0 Å². The first-order chi connectivity index (χ1) is 11.7. The summed E-state index contributed by atoms with van der Waals surface area (Å²) in [6, 6.07) is 9.39. The molecule has 3 aromatic rings. The first kappa shape index (κ1) is 18.6. The number of hydrogen-bond donors (Lipinski definition) is 0. The van der Waals surface area contributed by atoms with Crippen molar-refractivity contribution in [1.29, 1.82) is 0 Å². The second-order valence-corrected chi connectivity index (χ2v) is 12.3. The van der Waals surface area contributed by atoms with Gasteiger partial charge in [-0.25, -0.2) is 0 Å². The zero-order valence-corrected chi connectivity index (χ0v) is 18.6. The van der Waals surface area contributed by atoms with Crippen molar-refractivity contribution in [3.8, 4) is 21.2 Å². The Kier molecular flexibility index (Phi) is 5.07. The van der Waals surface area contributed by atoms with Crippen LogP contribution in [-0.4, -0.2) is 0 Å². The minimum Gasteiger partial charge on any atom is -0.167 e. The van der Waals surface area contributed by atoms with E-state index in [0.717, 1.165) is 0 Å². The molecule has 0 nitrogen and oxygen atoms in total. The average Bonchev–Trinajstić information content (AvgIpc) is 2.41. The normalized spacial score (nSPS) is 12.6. The second-order valence-electron chi connectivity index (χ2n) is 7.77. The monoisotopic (exact) mass is 367 g/mol. The van der Waals surface area contributed by atoms with Crippen LogP contribution in [0.15, 0.2) is 24.3 Å². The van der Waals surface area contributed by atoms with Crippen molar-refractivity contribution in [3.05, 3.63) is 57.6 Å². The van der Waals surface area contributed by atoms with Gasteiger partial charge in [0.25, 0.3) is 0 Å². The standard InChI is InChI=1S/C23H29P2/c1-13(2)25-22(20-16(5)9-14(3)10-17(20)6)24-23(25)21-18(7)11-15(4)12-19(21)8/h9-13H,1-8H3/q-1. The lowest BCUT2D eigenvalue weighted by Crippen LogP contribution is -1.94. The smallest absolute Gasteiger partial charge is 0.0195 e. The predicted octanol–water partition coefficient (Wildman–Crippen LogP) is 8.74. The quantitative estimate of drug-likeness (QED) is 0.406. The molecule has 0 spiro atoms. The predicted molar refractivity (Wildman–Crippen MR) is 117 cm³/mol. The molecule has 0 aliphatic carbocycles. The highest BCUT2D eigenvalue weighted by molar-refractivity contribution is 7.78. The van der Waals surface area contributed by atoms with Gasteiger partial charge in [0.15, 0.2) is 0 Å². The summed E-state index contributed by atoms with van der Waals surface area (Å²) in [6.07, 6.45) is 0. The maximum atomic E-state index is 2.40. The molecule has 0 saturated carbocycles. The van der Waals surface area contributed by atoms with Crippen molar-refractivity contribution in [1.82, 2.24) is 0 Å². The fourth-order valence-corrected chi connectivity index (χ4v) is 10.4. The van der Waals surface area contributed by atoms with E-state index in [1.54, 1.807) is 21.2 Å². The van der Waals surface area contributed by atoms with Gasteiger partial charge in [-0.15, -0.1) is 24.9 Å². The third-order valence-corrected chi connectivity index (χ3v) is 10.1. The van der Waals surface area contributed by atoms with Crippen LogP contribution in [-0.2, 0) is 0 Å². The van der Waals surface area contributed by atoms with E-state index >= 15 is 0 Å². The van der Waals surface area contributed by atoms with Gasteiger partial charge in [0.05, 0.1) is 0 Å². The Hall–Kier alpha value is -1.22. The van der Waals surface area contributed by atoms with E-state index in [4.69, 9.17) is 0 Å². The fraction of sp³-hybridized carbons (Fsp3) is 0.391. The third kappa shape index (κ3) is 3.28. The summed E-state index contributed by atoms with van der Waals surface area (Å²) in [7, 11) is 1.26. The van der Waals surface area contributed by atoms with Crippen LogP contribution in [0.2, 0.25) is 0 Å². The molecule has 0 bridgehead atoms. The summed E-state index contributed by atoms with van der Waals surface area (Å²) in [5.41, 5.74) is 12.3. The van der Waals surface area contributed by atoms with Crippen molar-refractivity contribution in [2.45, 2.75) is 61.0 Å². The largest absolute Gasteiger partial charge is 0.167 e. The molecule has 0 saturated heterocycles. The molecule has 0 amide bonds. The minimum absolute atomic E-state index is 0.199.